The number of carbonyl (C=O) groups is 2. The summed E-state index contributed by atoms with van der Waals surface area (Å²) in [5.74, 6) is -0.257. The van der Waals surface area contributed by atoms with E-state index in [2.05, 4.69) is 12.2 Å². The predicted octanol–water partition coefficient (Wildman–Crippen LogP) is 2.10. The number of ketones is 1. The summed E-state index contributed by atoms with van der Waals surface area (Å²) in [6.07, 6.45) is 1.25. The van der Waals surface area contributed by atoms with Gasteiger partial charge in [-0.3, -0.25) is 9.59 Å². The molecule has 110 valence electrons. The van der Waals surface area contributed by atoms with Crippen molar-refractivity contribution in [1.82, 2.24) is 5.32 Å². The lowest BCUT2D eigenvalue weighted by Gasteiger charge is -2.23. The van der Waals surface area contributed by atoms with E-state index >= 15 is 0 Å². The van der Waals surface area contributed by atoms with Crippen molar-refractivity contribution in [2.45, 2.75) is 45.6 Å². The van der Waals surface area contributed by atoms with Gasteiger partial charge in [0.25, 0.3) is 0 Å². The molecule has 0 aliphatic rings. The molecule has 1 aromatic rings. The van der Waals surface area contributed by atoms with Crippen molar-refractivity contribution in [3.8, 4) is 0 Å². The first-order valence-corrected chi connectivity index (χ1v) is 6.92. The van der Waals surface area contributed by atoms with Gasteiger partial charge in [0.05, 0.1) is 12.1 Å². The maximum atomic E-state index is 12.0. The Morgan fingerprint density at radius 3 is 2.25 bits per heavy atom. The minimum Gasteiger partial charge on any atom is -0.394 e. The molecule has 1 aromatic carbocycles. The van der Waals surface area contributed by atoms with Gasteiger partial charge in [-0.15, -0.1) is 0 Å². The molecule has 0 radical (unpaired) electrons. The van der Waals surface area contributed by atoms with Gasteiger partial charge < -0.3 is 10.4 Å². The average molecular weight is 277 g/mol. The van der Waals surface area contributed by atoms with E-state index in [4.69, 9.17) is 5.11 Å². The van der Waals surface area contributed by atoms with Crippen molar-refractivity contribution in [2.75, 3.05) is 6.61 Å². The number of benzene rings is 1. The first kappa shape index (κ1) is 16.4. The molecule has 0 aliphatic heterocycles. The minimum absolute atomic E-state index is 0.0374. The molecule has 0 aromatic heterocycles. The Balaban J connectivity index is 2.48. The van der Waals surface area contributed by atoms with Crippen molar-refractivity contribution < 1.29 is 14.7 Å². The molecule has 2 N–H and O–H groups in total. The zero-order valence-electron chi connectivity index (χ0n) is 12.4. The monoisotopic (exact) mass is 277 g/mol. The number of aliphatic hydroxyl groups excluding tert-OH is 1. The molecule has 0 spiro atoms. The van der Waals surface area contributed by atoms with Gasteiger partial charge in [0.2, 0.25) is 5.91 Å². The van der Waals surface area contributed by atoms with E-state index in [0.717, 1.165) is 6.42 Å². The van der Waals surface area contributed by atoms with Crippen LogP contribution in [0.1, 0.15) is 49.5 Å². The largest absolute Gasteiger partial charge is 0.394 e. The first-order valence-electron chi connectivity index (χ1n) is 6.92. The van der Waals surface area contributed by atoms with Gasteiger partial charge in [-0.2, -0.15) is 0 Å². The quantitative estimate of drug-likeness (QED) is 0.750. The molecule has 1 amide bonds. The smallest absolute Gasteiger partial charge is 0.220 e. The lowest BCUT2D eigenvalue weighted by Crippen LogP contribution is -2.46. The molecule has 4 heteroatoms. The van der Waals surface area contributed by atoms with Crippen LogP contribution in [0.2, 0.25) is 0 Å². The van der Waals surface area contributed by atoms with Gasteiger partial charge in [0.15, 0.2) is 5.78 Å². The maximum absolute atomic E-state index is 12.0. The summed E-state index contributed by atoms with van der Waals surface area (Å²) in [5.41, 5.74) is 1.17. The number of aliphatic hydroxyl groups is 1. The number of carbonyl (C=O) groups excluding carboxylic acids is 2. The van der Waals surface area contributed by atoms with Gasteiger partial charge in [0.1, 0.15) is 0 Å². The highest BCUT2D eigenvalue weighted by molar-refractivity contribution is 5.98. The molecule has 4 nitrogen and oxygen atoms in total. The van der Waals surface area contributed by atoms with E-state index in [1.165, 1.54) is 5.56 Å². The predicted molar refractivity (Wildman–Crippen MR) is 78.7 cm³/mol. The topological polar surface area (TPSA) is 66.4 Å². The fourth-order valence-electron chi connectivity index (χ4n) is 1.78. The second-order valence-electron chi connectivity index (χ2n) is 5.56. The molecule has 0 unspecified atom stereocenters. The minimum atomic E-state index is -0.650. The standard InChI is InChI=1S/C16H23NO3/c1-4-12-5-7-13(8-6-12)14(19)9-10-15(20)17-16(2,3)11-18/h5-8,18H,4,9-11H2,1-3H3,(H,17,20). The van der Waals surface area contributed by atoms with Crippen LogP contribution in [0.25, 0.3) is 0 Å². The summed E-state index contributed by atoms with van der Waals surface area (Å²) >= 11 is 0. The van der Waals surface area contributed by atoms with Crippen LogP contribution < -0.4 is 5.32 Å². The van der Waals surface area contributed by atoms with E-state index in [-0.39, 0.29) is 31.1 Å². The highest BCUT2D eigenvalue weighted by atomic mass is 16.3. The molecule has 1 rings (SSSR count). The zero-order valence-corrected chi connectivity index (χ0v) is 12.4. The Morgan fingerprint density at radius 2 is 1.75 bits per heavy atom. The van der Waals surface area contributed by atoms with Crippen LogP contribution in [-0.2, 0) is 11.2 Å². The third-order valence-corrected chi connectivity index (χ3v) is 3.14. The maximum Gasteiger partial charge on any atom is 0.220 e. The molecule has 0 saturated carbocycles. The van der Waals surface area contributed by atoms with Gasteiger partial charge in [-0.05, 0) is 25.8 Å². The molecular formula is C16H23NO3. The Labute approximate surface area is 120 Å². The molecule has 0 saturated heterocycles. The summed E-state index contributed by atoms with van der Waals surface area (Å²) in [7, 11) is 0. The summed E-state index contributed by atoms with van der Waals surface area (Å²) in [6, 6.07) is 7.47. The third kappa shape index (κ3) is 5.13. The first-order chi connectivity index (χ1) is 9.38. The van der Waals surface area contributed by atoms with E-state index in [0.29, 0.717) is 5.56 Å². The van der Waals surface area contributed by atoms with Crippen LogP contribution in [0.5, 0.6) is 0 Å². The second kappa shape index (κ2) is 7.20. The number of amides is 1. The molecular weight excluding hydrogens is 254 g/mol. The normalized spacial score (nSPS) is 11.2. The van der Waals surface area contributed by atoms with Gasteiger partial charge in [0, 0.05) is 18.4 Å². The average Bonchev–Trinajstić information content (AvgIpc) is 2.44. The van der Waals surface area contributed by atoms with Crippen molar-refractivity contribution in [3.05, 3.63) is 35.4 Å². The molecule has 20 heavy (non-hydrogen) atoms. The van der Waals surface area contributed by atoms with Crippen LogP contribution in [0.4, 0.5) is 0 Å². The fourth-order valence-corrected chi connectivity index (χ4v) is 1.78. The highest BCUT2D eigenvalue weighted by Crippen LogP contribution is 2.09. The number of nitrogens with one attached hydrogen (secondary N) is 1. The van der Waals surface area contributed by atoms with Crippen LogP contribution in [0, 0.1) is 0 Å². The molecule has 0 fully saturated rings. The van der Waals surface area contributed by atoms with Gasteiger partial charge >= 0.3 is 0 Å². The molecule has 0 aliphatic carbocycles. The fraction of sp³-hybridized carbons (Fsp3) is 0.500. The molecule has 0 atom stereocenters. The van der Waals surface area contributed by atoms with E-state index in [1.54, 1.807) is 26.0 Å². The van der Waals surface area contributed by atoms with Crippen LogP contribution >= 0.6 is 0 Å². The molecule has 0 heterocycles. The van der Waals surface area contributed by atoms with Crippen LogP contribution in [0.15, 0.2) is 24.3 Å². The third-order valence-electron chi connectivity index (χ3n) is 3.14. The second-order valence-corrected chi connectivity index (χ2v) is 5.56. The Kier molecular flexibility index (Phi) is 5.89. The zero-order chi connectivity index (χ0) is 15.2. The van der Waals surface area contributed by atoms with Gasteiger partial charge in [-0.25, -0.2) is 0 Å². The number of hydrogen-bond donors (Lipinski definition) is 2. The number of rotatable bonds is 7. The SMILES string of the molecule is CCc1ccc(C(=O)CCC(=O)NC(C)(C)CO)cc1. The van der Waals surface area contributed by atoms with Crippen LogP contribution in [-0.4, -0.2) is 28.9 Å². The van der Waals surface area contributed by atoms with Gasteiger partial charge in [-0.1, -0.05) is 31.2 Å². The lowest BCUT2D eigenvalue weighted by atomic mass is 10.0. The Morgan fingerprint density at radius 1 is 1.15 bits per heavy atom. The Hall–Kier alpha value is -1.68. The number of hydrogen-bond acceptors (Lipinski definition) is 3. The summed E-state index contributed by atoms with van der Waals surface area (Å²) in [4.78, 5) is 23.6. The lowest BCUT2D eigenvalue weighted by molar-refractivity contribution is -0.123. The summed E-state index contributed by atoms with van der Waals surface area (Å²) < 4.78 is 0. The van der Waals surface area contributed by atoms with E-state index in [1.807, 2.05) is 12.1 Å². The summed E-state index contributed by atoms with van der Waals surface area (Å²) in [5, 5.41) is 11.8. The highest BCUT2D eigenvalue weighted by Gasteiger charge is 2.19. The van der Waals surface area contributed by atoms with E-state index in [9.17, 15) is 9.59 Å². The van der Waals surface area contributed by atoms with Crippen molar-refractivity contribution in [3.63, 3.8) is 0 Å². The Bertz CT molecular complexity index is 463. The van der Waals surface area contributed by atoms with Crippen LogP contribution in [0.3, 0.4) is 0 Å². The van der Waals surface area contributed by atoms with Crippen molar-refractivity contribution in [2.24, 2.45) is 0 Å². The van der Waals surface area contributed by atoms with E-state index < -0.39 is 5.54 Å². The van der Waals surface area contributed by atoms with Crippen molar-refractivity contribution >= 4 is 11.7 Å². The summed E-state index contributed by atoms with van der Waals surface area (Å²) in [6.45, 7) is 5.39. The number of Topliss-reactive ketones (excluding diaryl/α,β-unsaturated/α-hetero) is 1. The van der Waals surface area contributed by atoms with Crippen molar-refractivity contribution in [1.29, 1.82) is 0 Å². The molecule has 0 bridgehead atoms. The number of aryl methyl sites for hydroxylation is 1.